The number of hydrogen-bond acceptors (Lipinski definition) is 6. The topological polar surface area (TPSA) is 74.8 Å². The molecule has 2 N–H and O–H groups in total. The lowest BCUT2D eigenvalue weighted by atomic mass is 10.1. The molecule has 2 aliphatic heterocycles. The van der Waals surface area contributed by atoms with E-state index in [4.69, 9.17) is 9.47 Å². The van der Waals surface area contributed by atoms with Crippen molar-refractivity contribution < 1.29 is 9.47 Å². The minimum Gasteiger partial charge on any atom is -0.497 e. The van der Waals surface area contributed by atoms with Gasteiger partial charge in [0.1, 0.15) is 24.3 Å². The highest BCUT2D eigenvalue weighted by molar-refractivity contribution is 5.89. The highest BCUT2D eigenvalue weighted by Gasteiger charge is 2.35. The van der Waals surface area contributed by atoms with E-state index in [-0.39, 0.29) is 6.17 Å². The Labute approximate surface area is 163 Å². The number of hydrogen-bond donors (Lipinski definition) is 2. The van der Waals surface area contributed by atoms with Gasteiger partial charge in [0.2, 0.25) is 0 Å². The third-order valence-corrected chi connectivity index (χ3v) is 5.56. The van der Waals surface area contributed by atoms with Crippen molar-refractivity contribution in [2.45, 2.75) is 25.0 Å². The number of benzene rings is 2. The van der Waals surface area contributed by atoms with Crippen LogP contribution in [0.4, 0.5) is 5.82 Å². The van der Waals surface area contributed by atoms with E-state index in [0.29, 0.717) is 12.6 Å². The molecule has 1 saturated heterocycles. The molecule has 2 aromatic carbocycles. The van der Waals surface area contributed by atoms with Gasteiger partial charge in [-0.25, -0.2) is 9.98 Å². The number of aromatic nitrogens is 2. The summed E-state index contributed by atoms with van der Waals surface area (Å²) in [6.07, 6.45) is 5.64. The highest BCUT2D eigenvalue weighted by Crippen LogP contribution is 2.35. The molecule has 0 bridgehead atoms. The molecule has 144 valence electrons. The lowest BCUT2D eigenvalue weighted by molar-refractivity contribution is 0.131. The van der Waals surface area contributed by atoms with Crippen LogP contribution in [0.5, 0.6) is 11.5 Å². The molecule has 1 fully saturated rings. The SMILES string of the molecule is COc1ccc2cccc(OCC3CCCN3C3N=CNc4nc[nH]c43)c2c1. The van der Waals surface area contributed by atoms with Gasteiger partial charge in [0.15, 0.2) is 5.82 Å². The Balaban J connectivity index is 1.36. The molecule has 0 amide bonds. The van der Waals surface area contributed by atoms with Gasteiger partial charge in [-0.3, -0.25) is 4.90 Å². The standard InChI is InChI=1S/C21H23N5O2/c1-27-16-8-7-14-4-2-6-18(17(14)10-16)28-11-15-5-3-9-26(15)21-19-20(23-12-22-19)24-13-25-21/h2,4,6-8,10,12-13,15,21H,3,5,9,11H2,1H3,(H,22,23)(H,24,25). The van der Waals surface area contributed by atoms with Crippen LogP contribution in [-0.4, -0.2) is 47.5 Å². The maximum Gasteiger partial charge on any atom is 0.156 e. The van der Waals surface area contributed by atoms with Crippen LogP contribution in [0.3, 0.4) is 0 Å². The molecular weight excluding hydrogens is 354 g/mol. The third kappa shape index (κ3) is 2.97. The monoisotopic (exact) mass is 377 g/mol. The highest BCUT2D eigenvalue weighted by atomic mass is 16.5. The van der Waals surface area contributed by atoms with Crippen LogP contribution in [0.2, 0.25) is 0 Å². The predicted octanol–water partition coefficient (Wildman–Crippen LogP) is 3.57. The van der Waals surface area contributed by atoms with E-state index in [2.05, 4.69) is 37.3 Å². The van der Waals surface area contributed by atoms with E-state index in [1.165, 1.54) is 0 Å². The Morgan fingerprint density at radius 3 is 3.14 bits per heavy atom. The molecular formula is C21H23N5O2. The Morgan fingerprint density at radius 1 is 1.25 bits per heavy atom. The summed E-state index contributed by atoms with van der Waals surface area (Å²) in [6.45, 7) is 1.62. The quantitative estimate of drug-likeness (QED) is 0.711. The van der Waals surface area contributed by atoms with Gasteiger partial charge in [-0.2, -0.15) is 0 Å². The Hall–Kier alpha value is -3.06. The first-order chi connectivity index (χ1) is 13.8. The van der Waals surface area contributed by atoms with E-state index < -0.39 is 0 Å². The lowest BCUT2D eigenvalue weighted by Gasteiger charge is -2.31. The molecule has 2 aliphatic rings. The molecule has 0 spiro atoms. The van der Waals surface area contributed by atoms with Crippen molar-refractivity contribution in [3.05, 3.63) is 48.4 Å². The summed E-state index contributed by atoms with van der Waals surface area (Å²) in [4.78, 5) is 14.6. The van der Waals surface area contributed by atoms with E-state index in [9.17, 15) is 0 Å². The summed E-state index contributed by atoms with van der Waals surface area (Å²) in [5.74, 6) is 2.58. The van der Waals surface area contributed by atoms with Gasteiger partial charge in [0.25, 0.3) is 0 Å². The molecule has 3 heterocycles. The van der Waals surface area contributed by atoms with Gasteiger partial charge in [-0.15, -0.1) is 0 Å². The zero-order valence-electron chi connectivity index (χ0n) is 15.8. The average Bonchev–Trinajstić information content (AvgIpc) is 3.40. The van der Waals surface area contributed by atoms with Gasteiger partial charge in [-0.05, 0) is 36.4 Å². The molecule has 7 nitrogen and oxygen atoms in total. The summed E-state index contributed by atoms with van der Waals surface area (Å²) in [7, 11) is 1.68. The first-order valence-electron chi connectivity index (χ1n) is 9.60. The maximum absolute atomic E-state index is 6.30. The Kier molecular flexibility index (Phi) is 4.37. The molecule has 0 aliphatic carbocycles. The number of H-pyrrole nitrogens is 1. The van der Waals surface area contributed by atoms with Crippen LogP contribution in [-0.2, 0) is 0 Å². The molecule has 3 aromatic rings. The zero-order valence-corrected chi connectivity index (χ0v) is 15.8. The Bertz CT molecular complexity index is 1010. The number of fused-ring (bicyclic) bond motifs is 2. The lowest BCUT2D eigenvalue weighted by Crippen LogP contribution is -2.38. The van der Waals surface area contributed by atoms with Crippen LogP contribution >= 0.6 is 0 Å². The van der Waals surface area contributed by atoms with E-state index in [0.717, 1.165) is 53.2 Å². The first kappa shape index (κ1) is 17.1. The molecule has 0 saturated carbocycles. The van der Waals surface area contributed by atoms with Crippen LogP contribution in [0.25, 0.3) is 10.8 Å². The summed E-state index contributed by atoms with van der Waals surface area (Å²) in [6, 6.07) is 12.5. The van der Waals surface area contributed by atoms with Gasteiger partial charge in [-0.1, -0.05) is 18.2 Å². The van der Waals surface area contributed by atoms with Crippen molar-refractivity contribution >= 4 is 22.9 Å². The van der Waals surface area contributed by atoms with Crippen LogP contribution in [0, 0.1) is 0 Å². The minimum absolute atomic E-state index is 0.0394. The summed E-state index contributed by atoms with van der Waals surface area (Å²) < 4.78 is 11.7. The fourth-order valence-corrected chi connectivity index (χ4v) is 4.13. The van der Waals surface area contributed by atoms with Crippen molar-refractivity contribution in [3.8, 4) is 11.5 Å². The van der Waals surface area contributed by atoms with Crippen molar-refractivity contribution in [1.82, 2.24) is 14.9 Å². The average molecular weight is 377 g/mol. The fourth-order valence-electron chi connectivity index (χ4n) is 4.13. The summed E-state index contributed by atoms with van der Waals surface area (Å²) >= 11 is 0. The fraction of sp³-hybridized carbons (Fsp3) is 0.333. The Morgan fingerprint density at radius 2 is 2.21 bits per heavy atom. The number of nitrogens with zero attached hydrogens (tertiary/aromatic N) is 3. The molecule has 2 unspecified atom stereocenters. The smallest absolute Gasteiger partial charge is 0.156 e. The van der Waals surface area contributed by atoms with Crippen molar-refractivity contribution in [2.75, 3.05) is 25.6 Å². The van der Waals surface area contributed by atoms with Crippen molar-refractivity contribution in [1.29, 1.82) is 0 Å². The molecule has 28 heavy (non-hydrogen) atoms. The van der Waals surface area contributed by atoms with E-state index >= 15 is 0 Å². The van der Waals surface area contributed by atoms with Gasteiger partial charge in [0, 0.05) is 18.0 Å². The summed E-state index contributed by atoms with van der Waals surface area (Å²) in [5, 5.41) is 5.31. The van der Waals surface area contributed by atoms with Crippen LogP contribution < -0.4 is 14.8 Å². The molecule has 0 radical (unpaired) electrons. The number of rotatable bonds is 5. The number of methoxy groups -OCH3 is 1. The number of anilines is 1. The second kappa shape index (κ2) is 7.16. The van der Waals surface area contributed by atoms with E-state index in [1.54, 1.807) is 19.8 Å². The van der Waals surface area contributed by atoms with Gasteiger partial charge < -0.3 is 19.8 Å². The second-order valence-corrected chi connectivity index (χ2v) is 7.15. The zero-order chi connectivity index (χ0) is 18.9. The van der Waals surface area contributed by atoms with Crippen LogP contribution in [0.1, 0.15) is 24.7 Å². The second-order valence-electron chi connectivity index (χ2n) is 7.15. The number of aliphatic imine (C=N–C) groups is 1. The third-order valence-electron chi connectivity index (χ3n) is 5.56. The molecule has 5 rings (SSSR count). The molecule has 7 heteroatoms. The van der Waals surface area contributed by atoms with E-state index in [1.807, 2.05) is 24.3 Å². The largest absolute Gasteiger partial charge is 0.497 e. The van der Waals surface area contributed by atoms with Gasteiger partial charge in [0.05, 0.1) is 25.5 Å². The van der Waals surface area contributed by atoms with Crippen molar-refractivity contribution in [3.63, 3.8) is 0 Å². The first-order valence-corrected chi connectivity index (χ1v) is 9.60. The molecule has 2 atom stereocenters. The molecule has 1 aromatic heterocycles. The summed E-state index contributed by atoms with van der Waals surface area (Å²) in [5.41, 5.74) is 1.02. The normalized spacial score (nSPS) is 21.5. The predicted molar refractivity (Wildman–Crippen MR) is 109 cm³/mol. The van der Waals surface area contributed by atoms with Crippen molar-refractivity contribution in [2.24, 2.45) is 4.99 Å². The number of ether oxygens (including phenoxy) is 2. The maximum atomic E-state index is 6.30. The number of nitrogens with one attached hydrogen (secondary N) is 2. The minimum atomic E-state index is -0.0394. The van der Waals surface area contributed by atoms with Gasteiger partial charge >= 0.3 is 0 Å². The van der Waals surface area contributed by atoms with Crippen LogP contribution in [0.15, 0.2) is 47.7 Å². The number of imidazole rings is 1. The number of likely N-dealkylation sites (tertiary alicyclic amines) is 1. The number of aromatic amines is 1.